The summed E-state index contributed by atoms with van der Waals surface area (Å²) < 4.78 is 15.1. The van der Waals surface area contributed by atoms with Gasteiger partial charge in [0, 0.05) is 29.6 Å². The lowest BCUT2D eigenvalue weighted by Gasteiger charge is -2.39. The monoisotopic (exact) mass is 533 g/mol. The van der Waals surface area contributed by atoms with Crippen LogP contribution in [0.15, 0.2) is 54.6 Å². The summed E-state index contributed by atoms with van der Waals surface area (Å²) >= 11 is 0. The van der Waals surface area contributed by atoms with Crippen molar-refractivity contribution >= 4 is 16.9 Å². The quantitative estimate of drug-likeness (QED) is 0.257. The molecule has 3 aromatic rings. The molecular weight excluding hydrogens is 482 g/mol. The van der Waals surface area contributed by atoms with Crippen LogP contribution < -0.4 is 4.74 Å². The van der Waals surface area contributed by atoms with Crippen LogP contribution in [0.5, 0.6) is 5.75 Å². The fourth-order valence-corrected chi connectivity index (χ4v) is 5.77. The van der Waals surface area contributed by atoms with E-state index < -0.39 is 11.2 Å². The fourth-order valence-electron chi connectivity index (χ4n) is 5.77. The number of benzene rings is 2. The van der Waals surface area contributed by atoms with Gasteiger partial charge in [0.05, 0.1) is 11.4 Å². The molecule has 0 radical (unpaired) electrons. The van der Waals surface area contributed by atoms with E-state index in [2.05, 4.69) is 116 Å². The third-order valence-electron chi connectivity index (χ3n) is 7.17. The molecule has 1 heterocycles. The summed E-state index contributed by atoms with van der Waals surface area (Å²) in [6.07, 6.45) is 1.35. The first-order valence-electron chi connectivity index (χ1n) is 14.4. The van der Waals surface area contributed by atoms with Crippen molar-refractivity contribution < 1.29 is 14.3 Å². The molecule has 4 nitrogen and oxygen atoms in total. The van der Waals surface area contributed by atoms with E-state index in [4.69, 9.17) is 9.47 Å². The molecule has 0 N–H and O–H groups in total. The van der Waals surface area contributed by atoms with Gasteiger partial charge in [-0.2, -0.15) is 0 Å². The lowest BCUT2D eigenvalue weighted by molar-refractivity contribution is -0.170. The SMILES string of the molecule is CC(C)n1c(-c2ccccc2)cc2ccc(OC(C)(C)CC(C)(C)OC(=O)C(CC(C)(C)C)C(C)(C)C)cc21. The van der Waals surface area contributed by atoms with E-state index in [1.54, 1.807) is 0 Å². The lowest BCUT2D eigenvalue weighted by atomic mass is 9.72. The highest BCUT2D eigenvalue weighted by atomic mass is 16.6. The second kappa shape index (κ2) is 11.0. The second-order valence-corrected chi connectivity index (χ2v) is 15.0. The normalized spacial score (nSPS) is 14.1. The summed E-state index contributed by atoms with van der Waals surface area (Å²) in [6.45, 7) is 25.4. The smallest absolute Gasteiger partial charge is 0.310 e. The molecule has 2 aromatic carbocycles. The number of nitrogens with zero attached hydrogens (tertiary/aromatic N) is 1. The standard InChI is InChI=1S/C35H51NO3/c1-24(2)36-29(25-16-14-13-15-17-25)20-26-18-19-27(21-30(26)36)38-34(9,10)23-35(11,12)39-31(37)28(33(6,7)8)22-32(3,4)5/h13-21,24,28H,22-23H2,1-12H3. The van der Waals surface area contributed by atoms with Crippen molar-refractivity contribution in [1.29, 1.82) is 0 Å². The van der Waals surface area contributed by atoms with Gasteiger partial charge in [-0.25, -0.2) is 0 Å². The number of fused-ring (bicyclic) bond motifs is 1. The van der Waals surface area contributed by atoms with Crippen molar-refractivity contribution in [3.8, 4) is 17.0 Å². The van der Waals surface area contributed by atoms with Crippen LogP contribution in [0.2, 0.25) is 0 Å². The zero-order valence-corrected chi connectivity index (χ0v) is 26.4. The highest BCUT2D eigenvalue weighted by molar-refractivity contribution is 5.88. The van der Waals surface area contributed by atoms with E-state index in [0.29, 0.717) is 12.5 Å². The average molecular weight is 534 g/mol. The summed E-state index contributed by atoms with van der Waals surface area (Å²) in [7, 11) is 0. The first-order chi connectivity index (χ1) is 17.8. The van der Waals surface area contributed by atoms with Gasteiger partial charge in [-0.05, 0) is 82.6 Å². The Kier molecular flexibility index (Phi) is 8.70. The third kappa shape index (κ3) is 8.13. The molecule has 0 aliphatic heterocycles. The van der Waals surface area contributed by atoms with Gasteiger partial charge in [-0.15, -0.1) is 0 Å². The second-order valence-electron chi connectivity index (χ2n) is 15.0. The van der Waals surface area contributed by atoms with Gasteiger partial charge in [0.1, 0.15) is 17.0 Å². The van der Waals surface area contributed by atoms with Crippen LogP contribution in [0.1, 0.15) is 102 Å². The largest absolute Gasteiger partial charge is 0.488 e. The van der Waals surface area contributed by atoms with Crippen molar-refractivity contribution in [2.45, 2.75) is 113 Å². The molecule has 214 valence electrons. The summed E-state index contributed by atoms with van der Waals surface area (Å²) in [5, 5.41) is 1.19. The average Bonchev–Trinajstić information content (AvgIpc) is 3.14. The molecule has 0 fully saturated rings. The number of hydrogen-bond acceptors (Lipinski definition) is 3. The van der Waals surface area contributed by atoms with Gasteiger partial charge < -0.3 is 14.0 Å². The molecule has 0 bridgehead atoms. The molecule has 0 aliphatic rings. The highest BCUT2D eigenvalue weighted by Crippen LogP contribution is 2.39. The zero-order valence-electron chi connectivity index (χ0n) is 26.4. The molecule has 0 saturated heterocycles. The lowest BCUT2D eigenvalue weighted by Crippen LogP contribution is -2.43. The molecule has 3 rings (SSSR count). The van der Waals surface area contributed by atoms with Gasteiger partial charge in [0.2, 0.25) is 0 Å². The summed E-state index contributed by atoms with van der Waals surface area (Å²) in [5.41, 5.74) is 2.20. The molecule has 1 aromatic heterocycles. The first-order valence-corrected chi connectivity index (χ1v) is 14.4. The summed E-state index contributed by atoms with van der Waals surface area (Å²) in [6, 6.07) is 19.4. The van der Waals surface area contributed by atoms with E-state index in [1.807, 2.05) is 26.0 Å². The highest BCUT2D eigenvalue weighted by Gasteiger charge is 2.40. The maximum absolute atomic E-state index is 13.4. The molecule has 0 amide bonds. The predicted octanol–water partition coefficient (Wildman–Crippen LogP) is 9.86. The summed E-state index contributed by atoms with van der Waals surface area (Å²) in [4.78, 5) is 13.4. The van der Waals surface area contributed by atoms with Crippen LogP contribution in [-0.2, 0) is 9.53 Å². The molecule has 39 heavy (non-hydrogen) atoms. The number of esters is 1. The summed E-state index contributed by atoms with van der Waals surface area (Å²) in [5.74, 6) is 0.517. The minimum atomic E-state index is -0.676. The number of aromatic nitrogens is 1. The maximum atomic E-state index is 13.4. The first kappa shape index (κ1) is 30.8. The number of carbonyl (C=O) groups excluding carboxylic acids is 1. The van der Waals surface area contributed by atoms with E-state index in [1.165, 1.54) is 16.6 Å². The molecule has 1 unspecified atom stereocenters. The number of rotatable bonds is 9. The Bertz CT molecular complexity index is 1270. The number of hydrogen-bond donors (Lipinski definition) is 0. The fraction of sp³-hybridized carbons (Fsp3) is 0.571. The number of carbonyl (C=O) groups is 1. The van der Waals surface area contributed by atoms with E-state index >= 15 is 0 Å². The van der Waals surface area contributed by atoms with Crippen molar-refractivity contribution in [3.63, 3.8) is 0 Å². The van der Waals surface area contributed by atoms with E-state index in [-0.39, 0.29) is 22.7 Å². The van der Waals surface area contributed by atoms with Crippen molar-refractivity contribution in [1.82, 2.24) is 4.57 Å². The number of ether oxygens (including phenoxy) is 2. The van der Waals surface area contributed by atoms with Crippen LogP contribution in [0.25, 0.3) is 22.2 Å². The van der Waals surface area contributed by atoms with Crippen LogP contribution in [0.3, 0.4) is 0 Å². The zero-order chi connectivity index (χ0) is 29.4. The van der Waals surface area contributed by atoms with E-state index in [0.717, 1.165) is 17.7 Å². The minimum Gasteiger partial charge on any atom is -0.488 e. The van der Waals surface area contributed by atoms with Crippen LogP contribution in [0, 0.1) is 16.7 Å². The van der Waals surface area contributed by atoms with E-state index in [9.17, 15) is 4.79 Å². The van der Waals surface area contributed by atoms with Crippen molar-refractivity contribution in [2.75, 3.05) is 0 Å². The van der Waals surface area contributed by atoms with Gasteiger partial charge >= 0.3 is 5.97 Å². The van der Waals surface area contributed by atoms with Gasteiger partial charge in [-0.1, -0.05) is 71.9 Å². The Morgan fingerprint density at radius 2 is 1.44 bits per heavy atom. The van der Waals surface area contributed by atoms with Gasteiger partial charge in [-0.3, -0.25) is 4.79 Å². The molecule has 0 spiro atoms. The predicted molar refractivity (Wildman–Crippen MR) is 164 cm³/mol. The topological polar surface area (TPSA) is 40.5 Å². The van der Waals surface area contributed by atoms with Crippen LogP contribution >= 0.6 is 0 Å². The molecule has 4 heteroatoms. The Morgan fingerprint density at radius 1 is 0.821 bits per heavy atom. The Hall–Kier alpha value is -2.75. The Labute approximate surface area is 237 Å². The van der Waals surface area contributed by atoms with Gasteiger partial charge in [0.15, 0.2) is 0 Å². The van der Waals surface area contributed by atoms with Crippen LogP contribution in [-0.4, -0.2) is 21.7 Å². The van der Waals surface area contributed by atoms with Gasteiger partial charge in [0.25, 0.3) is 0 Å². The molecule has 0 aliphatic carbocycles. The van der Waals surface area contributed by atoms with Crippen molar-refractivity contribution in [3.05, 3.63) is 54.6 Å². The van der Waals surface area contributed by atoms with Crippen LogP contribution in [0.4, 0.5) is 0 Å². The molecular formula is C35H51NO3. The third-order valence-corrected chi connectivity index (χ3v) is 7.17. The van der Waals surface area contributed by atoms with Crippen molar-refractivity contribution in [2.24, 2.45) is 16.7 Å². The minimum absolute atomic E-state index is 0.0379. The Balaban J connectivity index is 1.82. The molecule has 1 atom stereocenters. The maximum Gasteiger partial charge on any atom is 0.310 e. The Morgan fingerprint density at radius 3 is 1.97 bits per heavy atom. The molecule has 0 saturated carbocycles.